The Morgan fingerprint density at radius 2 is 2.05 bits per heavy atom. The van der Waals surface area contributed by atoms with Crippen LogP contribution in [0.3, 0.4) is 0 Å². The van der Waals surface area contributed by atoms with E-state index in [4.69, 9.17) is 9.63 Å². The fraction of sp³-hybridized carbons (Fsp3) is 0.643. The van der Waals surface area contributed by atoms with Crippen LogP contribution >= 0.6 is 0 Å². The maximum atomic E-state index is 12.2. The van der Waals surface area contributed by atoms with Gasteiger partial charge < -0.3 is 14.5 Å². The van der Waals surface area contributed by atoms with Crippen LogP contribution < -0.4 is 0 Å². The van der Waals surface area contributed by atoms with Crippen LogP contribution in [0.15, 0.2) is 10.6 Å². The summed E-state index contributed by atoms with van der Waals surface area (Å²) >= 11 is 0. The summed E-state index contributed by atoms with van der Waals surface area (Å²) in [7, 11) is 0. The molecule has 0 aromatic carbocycles. The van der Waals surface area contributed by atoms with Crippen LogP contribution in [0, 0.1) is 12.8 Å². The SMILES string of the molecule is CC.Cc1cc(C(=O)N2CC(C)CCC2C(=O)O)no1. The molecule has 1 fully saturated rings. The largest absolute Gasteiger partial charge is 0.480 e. The molecule has 2 rings (SSSR count). The van der Waals surface area contributed by atoms with Crippen LogP contribution in [0.2, 0.25) is 0 Å². The summed E-state index contributed by atoms with van der Waals surface area (Å²) in [6.07, 6.45) is 1.30. The molecule has 1 amide bonds. The first-order valence-electron chi connectivity index (χ1n) is 6.96. The second kappa shape index (κ2) is 7.07. The molecular weight excluding hydrogens is 260 g/mol. The Bertz CT molecular complexity index is 469. The van der Waals surface area contributed by atoms with Crippen molar-refractivity contribution in [2.24, 2.45) is 5.92 Å². The van der Waals surface area contributed by atoms with E-state index in [-0.39, 0.29) is 11.6 Å². The zero-order valence-electron chi connectivity index (χ0n) is 12.4. The molecule has 0 spiro atoms. The zero-order valence-corrected chi connectivity index (χ0v) is 12.4. The first-order valence-corrected chi connectivity index (χ1v) is 6.96. The van der Waals surface area contributed by atoms with Crippen LogP contribution in [0.5, 0.6) is 0 Å². The number of carbonyl (C=O) groups is 2. The van der Waals surface area contributed by atoms with Gasteiger partial charge >= 0.3 is 5.97 Å². The number of carboxylic acids is 1. The fourth-order valence-corrected chi connectivity index (χ4v) is 2.25. The molecule has 0 radical (unpaired) electrons. The maximum Gasteiger partial charge on any atom is 0.326 e. The van der Waals surface area contributed by atoms with Crippen molar-refractivity contribution in [1.82, 2.24) is 10.1 Å². The van der Waals surface area contributed by atoms with Gasteiger partial charge in [0.2, 0.25) is 0 Å². The van der Waals surface area contributed by atoms with Crippen molar-refractivity contribution in [3.63, 3.8) is 0 Å². The van der Waals surface area contributed by atoms with Gasteiger partial charge in [0.1, 0.15) is 11.8 Å². The monoisotopic (exact) mass is 282 g/mol. The molecule has 1 aromatic rings. The second-order valence-corrected chi connectivity index (χ2v) is 4.82. The van der Waals surface area contributed by atoms with E-state index in [1.54, 1.807) is 6.92 Å². The number of piperidine rings is 1. The average Bonchev–Trinajstić information content (AvgIpc) is 2.86. The van der Waals surface area contributed by atoms with E-state index in [0.29, 0.717) is 24.6 Å². The lowest BCUT2D eigenvalue weighted by Gasteiger charge is -2.35. The molecule has 0 saturated carbocycles. The molecule has 1 aliphatic rings. The Kier molecular flexibility index (Phi) is 5.73. The number of carboxylic acid groups (broad SMARTS) is 1. The van der Waals surface area contributed by atoms with Crippen molar-refractivity contribution in [2.45, 2.75) is 46.6 Å². The number of likely N-dealkylation sites (tertiary alicyclic amines) is 1. The normalized spacial score (nSPS) is 21.9. The number of aryl methyl sites for hydroxylation is 1. The molecule has 6 heteroatoms. The highest BCUT2D eigenvalue weighted by molar-refractivity contribution is 5.95. The molecule has 2 unspecified atom stereocenters. The summed E-state index contributed by atoms with van der Waals surface area (Å²) in [5.41, 5.74) is 0.174. The van der Waals surface area contributed by atoms with Gasteiger partial charge in [-0.25, -0.2) is 4.79 Å². The van der Waals surface area contributed by atoms with E-state index >= 15 is 0 Å². The third-order valence-corrected chi connectivity index (χ3v) is 3.21. The highest BCUT2D eigenvalue weighted by Gasteiger charge is 2.35. The van der Waals surface area contributed by atoms with Crippen LogP contribution in [-0.2, 0) is 4.79 Å². The van der Waals surface area contributed by atoms with Crippen LogP contribution in [0.4, 0.5) is 0 Å². The maximum absolute atomic E-state index is 12.2. The quantitative estimate of drug-likeness (QED) is 0.900. The summed E-state index contributed by atoms with van der Waals surface area (Å²) in [5.74, 6) is -0.492. The van der Waals surface area contributed by atoms with Gasteiger partial charge in [-0.2, -0.15) is 0 Å². The molecule has 1 aromatic heterocycles. The van der Waals surface area contributed by atoms with E-state index in [9.17, 15) is 9.59 Å². The summed E-state index contributed by atoms with van der Waals surface area (Å²) in [4.78, 5) is 24.8. The first-order chi connectivity index (χ1) is 9.49. The molecule has 1 N–H and O–H groups in total. The smallest absolute Gasteiger partial charge is 0.326 e. The number of nitrogens with zero attached hydrogens (tertiary/aromatic N) is 2. The third-order valence-electron chi connectivity index (χ3n) is 3.21. The molecule has 20 heavy (non-hydrogen) atoms. The predicted octanol–water partition coefficient (Wildman–Crippen LogP) is 2.33. The average molecular weight is 282 g/mol. The van der Waals surface area contributed by atoms with E-state index in [0.717, 1.165) is 6.42 Å². The van der Waals surface area contributed by atoms with Crippen molar-refractivity contribution in [2.75, 3.05) is 6.54 Å². The Labute approximate surface area is 118 Å². The molecule has 0 aliphatic carbocycles. The van der Waals surface area contributed by atoms with Crippen molar-refractivity contribution in [1.29, 1.82) is 0 Å². The Hall–Kier alpha value is -1.85. The number of aliphatic carboxylic acids is 1. The number of carbonyl (C=O) groups excluding carboxylic acids is 1. The minimum Gasteiger partial charge on any atom is -0.480 e. The lowest BCUT2D eigenvalue weighted by molar-refractivity contribution is -0.143. The Balaban J connectivity index is 0.000000956. The summed E-state index contributed by atoms with van der Waals surface area (Å²) < 4.78 is 4.85. The van der Waals surface area contributed by atoms with Gasteiger partial charge in [0.25, 0.3) is 5.91 Å². The fourth-order valence-electron chi connectivity index (χ4n) is 2.25. The second-order valence-electron chi connectivity index (χ2n) is 4.82. The van der Waals surface area contributed by atoms with Crippen LogP contribution in [-0.4, -0.2) is 39.6 Å². The topological polar surface area (TPSA) is 83.6 Å². The van der Waals surface area contributed by atoms with E-state index in [1.165, 1.54) is 11.0 Å². The first kappa shape index (κ1) is 16.2. The van der Waals surface area contributed by atoms with Gasteiger partial charge in [0.05, 0.1) is 0 Å². The highest BCUT2D eigenvalue weighted by atomic mass is 16.5. The highest BCUT2D eigenvalue weighted by Crippen LogP contribution is 2.23. The molecule has 112 valence electrons. The van der Waals surface area contributed by atoms with Gasteiger partial charge in [-0.05, 0) is 25.7 Å². The van der Waals surface area contributed by atoms with Crippen LogP contribution in [0.1, 0.15) is 49.9 Å². The lowest BCUT2D eigenvalue weighted by atomic mass is 9.94. The minimum atomic E-state index is -0.963. The number of aromatic nitrogens is 1. The third kappa shape index (κ3) is 3.59. The zero-order chi connectivity index (χ0) is 15.3. The Morgan fingerprint density at radius 3 is 2.55 bits per heavy atom. The van der Waals surface area contributed by atoms with Gasteiger partial charge in [-0.3, -0.25) is 4.79 Å². The van der Waals surface area contributed by atoms with Gasteiger partial charge in [0.15, 0.2) is 5.69 Å². The minimum absolute atomic E-state index is 0.174. The van der Waals surface area contributed by atoms with E-state index in [2.05, 4.69) is 5.16 Å². The van der Waals surface area contributed by atoms with Crippen LogP contribution in [0.25, 0.3) is 0 Å². The summed E-state index contributed by atoms with van der Waals surface area (Å²) in [6.45, 7) is 8.14. The van der Waals surface area contributed by atoms with E-state index in [1.807, 2.05) is 20.8 Å². The molecule has 2 heterocycles. The standard InChI is InChI=1S/C12H16N2O4.C2H6/c1-7-3-4-10(12(16)17)14(6-7)11(15)9-5-8(2)18-13-9;1-2/h5,7,10H,3-4,6H2,1-2H3,(H,16,17);1-2H3. The molecule has 1 saturated heterocycles. The number of amides is 1. The van der Waals surface area contributed by atoms with Crippen molar-refractivity contribution in [3.8, 4) is 0 Å². The Morgan fingerprint density at radius 1 is 1.40 bits per heavy atom. The lowest BCUT2D eigenvalue weighted by Crippen LogP contribution is -2.50. The van der Waals surface area contributed by atoms with Crippen molar-refractivity contribution >= 4 is 11.9 Å². The molecule has 0 bridgehead atoms. The number of rotatable bonds is 2. The summed E-state index contributed by atoms with van der Waals surface area (Å²) in [5, 5.41) is 12.8. The molecule has 6 nitrogen and oxygen atoms in total. The number of hydrogen-bond donors (Lipinski definition) is 1. The van der Waals surface area contributed by atoms with Gasteiger partial charge in [0, 0.05) is 12.6 Å². The van der Waals surface area contributed by atoms with Gasteiger partial charge in [-0.15, -0.1) is 0 Å². The molecule has 2 atom stereocenters. The number of hydrogen-bond acceptors (Lipinski definition) is 4. The molecule has 1 aliphatic heterocycles. The van der Waals surface area contributed by atoms with Crippen molar-refractivity contribution < 1.29 is 19.2 Å². The van der Waals surface area contributed by atoms with Gasteiger partial charge in [-0.1, -0.05) is 25.9 Å². The van der Waals surface area contributed by atoms with Crippen molar-refractivity contribution in [3.05, 3.63) is 17.5 Å². The van der Waals surface area contributed by atoms with E-state index < -0.39 is 12.0 Å². The molecular formula is C14H22N2O4. The summed E-state index contributed by atoms with van der Waals surface area (Å²) in [6, 6.07) is 0.770. The predicted molar refractivity (Wildman–Crippen MR) is 73.4 cm³/mol.